The molecule has 90 valence electrons. The van der Waals surface area contributed by atoms with Crippen molar-refractivity contribution in [2.75, 3.05) is 0 Å². The molecule has 0 unspecified atom stereocenters. The second-order valence-electron chi connectivity index (χ2n) is 4.40. The zero-order chi connectivity index (χ0) is 12.5. The molecule has 0 amide bonds. The Balaban J connectivity index is 2.09. The Kier molecular flexibility index (Phi) is 2.52. The molecule has 0 fully saturated rings. The summed E-state index contributed by atoms with van der Waals surface area (Å²) in [4.78, 5) is 4.47. The van der Waals surface area contributed by atoms with Gasteiger partial charge >= 0.3 is 0 Å². The molecule has 0 saturated heterocycles. The zero-order valence-electron chi connectivity index (χ0n) is 10.2. The van der Waals surface area contributed by atoms with Crippen molar-refractivity contribution in [2.45, 2.75) is 13.5 Å². The zero-order valence-corrected chi connectivity index (χ0v) is 10.2. The molecule has 0 spiro atoms. The number of aryl methyl sites for hydroxylation is 1. The Morgan fingerprint density at radius 3 is 2.67 bits per heavy atom. The molecule has 0 bridgehead atoms. The normalized spacial score (nSPS) is 10.9. The van der Waals surface area contributed by atoms with Gasteiger partial charge in [-0.25, -0.2) is 4.98 Å². The van der Waals surface area contributed by atoms with Crippen molar-refractivity contribution in [3.05, 3.63) is 59.9 Å². The van der Waals surface area contributed by atoms with E-state index in [1.807, 2.05) is 31.2 Å². The maximum atomic E-state index is 9.47. The smallest absolute Gasteiger partial charge is 0.117 e. The quantitative estimate of drug-likeness (QED) is 0.745. The number of hydrogen-bond acceptors (Lipinski definition) is 2. The maximum absolute atomic E-state index is 9.47. The topological polar surface area (TPSA) is 38.1 Å². The molecule has 3 rings (SSSR count). The van der Waals surface area contributed by atoms with Gasteiger partial charge in [0.2, 0.25) is 0 Å². The Morgan fingerprint density at radius 1 is 1.11 bits per heavy atom. The van der Waals surface area contributed by atoms with Crippen LogP contribution >= 0.6 is 0 Å². The summed E-state index contributed by atoms with van der Waals surface area (Å²) in [7, 11) is 0. The summed E-state index contributed by atoms with van der Waals surface area (Å²) in [5.74, 6) is 1.21. The summed E-state index contributed by atoms with van der Waals surface area (Å²) in [5, 5.41) is 9.47. The first-order valence-corrected chi connectivity index (χ1v) is 5.94. The summed E-state index contributed by atoms with van der Waals surface area (Å²) in [5.41, 5.74) is 3.13. The third-order valence-electron chi connectivity index (χ3n) is 3.11. The molecular weight excluding hydrogens is 224 g/mol. The van der Waals surface area contributed by atoms with Gasteiger partial charge in [0.05, 0.1) is 11.0 Å². The molecule has 0 radical (unpaired) electrons. The molecule has 1 N–H and O–H groups in total. The molecule has 3 nitrogen and oxygen atoms in total. The second-order valence-corrected chi connectivity index (χ2v) is 4.40. The van der Waals surface area contributed by atoms with Crippen LogP contribution in [0.4, 0.5) is 0 Å². The minimum Gasteiger partial charge on any atom is -0.508 e. The number of phenols is 1. The molecule has 2 aromatic carbocycles. The number of benzene rings is 2. The highest BCUT2D eigenvalue weighted by atomic mass is 16.3. The van der Waals surface area contributed by atoms with Crippen molar-refractivity contribution in [3.8, 4) is 5.75 Å². The highest BCUT2D eigenvalue weighted by Gasteiger charge is 2.08. The van der Waals surface area contributed by atoms with E-state index in [2.05, 4.69) is 21.7 Å². The number of hydrogen-bond donors (Lipinski definition) is 1. The molecule has 0 atom stereocenters. The minimum absolute atomic E-state index is 0.256. The van der Waals surface area contributed by atoms with Crippen LogP contribution in [0.25, 0.3) is 11.0 Å². The van der Waals surface area contributed by atoms with Gasteiger partial charge in [-0.15, -0.1) is 0 Å². The van der Waals surface area contributed by atoms with E-state index >= 15 is 0 Å². The largest absolute Gasteiger partial charge is 0.508 e. The lowest BCUT2D eigenvalue weighted by Gasteiger charge is -2.06. The molecule has 3 aromatic rings. The van der Waals surface area contributed by atoms with Crippen molar-refractivity contribution in [1.82, 2.24) is 9.55 Å². The molecule has 0 aliphatic heterocycles. The van der Waals surface area contributed by atoms with Gasteiger partial charge in [-0.1, -0.05) is 30.3 Å². The van der Waals surface area contributed by atoms with Crippen LogP contribution in [0.3, 0.4) is 0 Å². The fraction of sp³-hybridized carbons (Fsp3) is 0.133. The lowest BCUT2D eigenvalue weighted by molar-refractivity contribution is 0.476. The number of imidazole rings is 1. The van der Waals surface area contributed by atoms with Gasteiger partial charge in [0.1, 0.15) is 11.6 Å². The van der Waals surface area contributed by atoms with Crippen molar-refractivity contribution in [1.29, 1.82) is 0 Å². The van der Waals surface area contributed by atoms with E-state index in [-0.39, 0.29) is 5.75 Å². The van der Waals surface area contributed by atoms with Gasteiger partial charge in [-0.05, 0) is 24.6 Å². The van der Waals surface area contributed by atoms with Crippen LogP contribution in [0.2, 0.25) is 0 Å². The van der Waals surface area contributed by atoms with Crippen LogP contribution in [-0.4, -0.2) is 14.7 Å². The van der Waals surface area contributed by atoms with Crippen molar-refractivity contribution < 1.29 is 5.11 Å². The lowest BCUT2D eigenvalue weighted by atomic mass is 10.2. The van der Waals surface area contributed by atoms with E-state index in [0.29, 0.717) is 0 Å². The van der Waals surface area contributed by atoms with Crippen LogP contribution in [0.1, 0.15) is 11.4 Å². The van der Waals surface area contributed by atoms with Crippen LogP contribution in [0.5, 0.6) is 5.75 Å². The van der Waals surface area contributed by atoms with E-state index in [1.54, 1.807) is 12.1 Å². The van der Waals surface area contributed by atoms with E-state index in [1.165, 1.54) is 5.56 Å². The Morgan fingerprint density at radius 2 is 1.89 bits per heavy atom. The van der Waals surface area contributed by atoms with E-state index < -0.39 is 0 Å². The Hall–Kier alpha value is -2.29. The first-order valence-electron chi connectivity index (χ1n) is 5.94. The van der Waals surface area contributed by atoms with Crippen molar-refractivity contribution >= 4 is 11.0 Å². The first kappa shape index (κ1) is 10.8. The van der Waals surface area contributed by atoms with Gasteiger partial charge in [-0.3, -0.25) is 0 Å². The van der Waals surface area contributed by atoms with Crippen molar-refractivity contribution in [3.63, 3.8) is 0 Å². The second kappa shape index (κ2) is 4.18. The summed E-state index contributed by atoms with van der Waals surface area (Å²) < 4.78 is 2.16. The lowest BCUT2D eigenvalue weighted by Crippen LogP contribution is -2.01. The molecule has 0 saturated carbocycles. The summed E-state index contributed by atoms with van der Waals surface area (Å²) in [6, 6.07) is 15.6. The monoisotopic (exact) mass is 238 g/mol. The van der Waals surface area contributed by atoms with Crippen LogP contribution in [-0.2, 0) is 6.54 Å². The number of phenolic OH excluding ortho intramolecular Hbond substituents is 1. The maximum Gasteiger partial charge on any atom is 0.117 e. The van der Waals surface area contributed by atoms with Crippen molar-refractivity contribution in [2.24, 2.45) is 0 Å². The molecule has 3 heteroatoms. The average molecular weight is 238 g/mol. The van der Waals surface area contributed by atoms with E-state index in [0.717, 1.165) is 23.4 Å². The van der Waals surface area contributed by atoms with Gasteiger partial charge in [0, 0.05) is 12.6 Å². The number of aromatic hydroxyl groups is 1. The molecule has 1 heterocycles. The minimum atomic E-state index is 0.256. The number of aromatic nitrogens is 2. The Labute approximate surface area is 105 Å². The summed E-state index contributed by atoms with van der Waals surface area (Å²) in [6.07, 6.45) is 0. The predicted molar refractivity (Wildman–Crippen MR) is 71.7 cm³/mol. The summed E-state index contributed by atoms with van der Waals surface area (Å²) in [6.45, 7) is 2.79. The fourth-order valence-electron chi connectivity index (χ4n) is 2.20. The third-order valence-corrected chi connectivity index (χ3v) is 3.11. The van der Waals surface area contributed by atoms with Gasteiger partial charge in [0.15, 0.2) is 0 Å². The molecular formula is C15H14N2O. The van der Waals surface area contributed by atoms with Crippen LogP contribution < -0.4 is 0 Å². The molecule has 0 aliphatic carbocycles. The van der Waals surface area contributed by atoms with Gasteiger partial charge < -0.3 is 9.67 Å². The third kappa shape index (κ3) is 1.84. The predicted octanol–water partition coefficient (Wildman–Crippen LogP) is 3.10. The highest BCUT2D eigenvalue weighted by Crippen LogP contribution is 2.21. The van der Waals surface area contributed by atoms with E-state index in [9.17, 15) is 5.11 Å². The standard InChI is InChI=1S/C15H14N2O/c1-11-16-14-9-13(18)7-8-15(14)17(11)10-12-5-3-2-4-6-12/h2-9,18H,10H2,1H3. The molecule has 0 aliphatic rings. The highest BCUT2D eigenvalue weighted by molar-refractivity contribution is 5.77. The summed E-state index contributed by atoms with van der Waals surface area (Å²) >= 11 is 0. The van der Waals surface area contributed by atoms with Gasteiger partial charge in [-0.2, -0.15) is 0 Å². The Bertz CT molecular complexity index is 686. The number of nitrogens with zero attached hydrogens (tertiary/aromatic N) is 2. The number of rotatable bonds is 2. The molecule has 1 aromatic heterocycles. The van der Waals surface area contributed by atoms with Crippen LogP contribution in [0, 0.1) is 6.92 Å². The first-order chi connectivity index (χ1) is 8.74. The average Bonchev–Trinajstić information content (AvgIpc) is 2.66. The van der Waals surface area contributed by atoms with Gasteiger partial charge in [0.25, 0.3) is 0 Å². The van der Waals surface area contributed by atoms with Crippen LogP contribution in [0.15, 0.2) is 48.5 Å². The molecule has 18 heavy (non-hydrogen) atoms. The van der Waals surface area contributed by atoms with E-state index in [4.69, 9.17) is 0 Å². The number of fused-ring (bicyclic) bond motifs is 1. The SMILES string of the molecule is Cc1nc2cc(O)ccc2n1Cc1ccccc1. The fourth-order valence-corrected chi connectivity index (χ4v) is 2.20.